The minimum atomic E-state index is -0.276. The number of amides is 1. The van der Waals surface area contributed by atoms with Crippen molar-refractivity contribution in [1.29, 1.82) is 0 Å². The van der Waals surface area contributed by atoms with Gasteiger partial charge < -0.3 is 9.30 Å². The molecule has 0 radical (unpaired) electrons. The van der Waals surface area contributed by atoms with Crippen molar-refractivity contribution in [3.63, 3.8) is 0 Å². The van der Waals surface area contributed by atoms with Crippen molar-refractivity contribution in [3.05, 3.63) is 54.1 Å². The first-order valence-corrected chi connectivity index (χ1v) is 8.33. The van der Waals surface area contributed by atoms with Crippen molar-refractivity contribution >= 4 is 6.09 Å². The number of carbonyl (C=O) groups is 1. The number of rotatable bonds is 4. The van der Waals surface area contributed by atoms with Crippen molar-refractivity contribution in [1.82, 2.24) is 19.4 Å². The smallest absolute Gasteiger partial charge is 0.410 e. The van der Waals surface area contributed by atoms with Gasteiger partial charge in [0.2, 0.25) is 0 Å². The summed E-state index contributed by atoms with van der Waals surface area (Å²) in [6, 6.07) is 10.3. The highest BCUT2D eigenvalue weighted by Crippen LogP contribution is 2.32. The number of imidazole rings is 1. The summed E-state index contributed by atoms with van der Waals surface area (Å²) in [4.78, 5) is 20.9. The van der Waals surface area contributed by atoms with Crippen LogP contribution in [-0.4, -0.2) is 57.2 Å². The molecule has 1 aromatic heterocycles. The van der Waals surface area contributed by atoms with Gasteiger partial charge in [0.05, 0.1) is 12.1 Å². The van der Waals surface area contributed by atoms with Gasteiger partial charge in [-0.3, -0.25) is 9.80 Å². The lowest BCUT2D eigenvalue weighted by Crippen LogP contribution is -2.62. The number of nitrogens with zero attached hydrogens (tertiary/aromatic N) is 4. The van der Waals surface area contributed by atoms with E-state index in [2.05, 4.69) is 22.0 Å². The van der Waals surface area contributed by atoms with Gasteiger partial charge in [-0.25, -0.2) is 9.78 Å². The summed E-state index contributed by atoms with van der Waals surface area (Å²) in [5, 5.41) is 0. The summed E-state index contributed by atoms with van der Waals surface area (Å²) >= 11 is 0. The van der Waals surface area contributed by atoms with Crippen LogP contribution in [0.1, 0.15) is 11.4 Å². The van der Waals surface area contributed by atoms with Crippen LogP contribution < -0.4 is 0 Å². The number of carbonyl (C=O) groups excluding carboxylic acids is 1. The van der Waals surface area contributed by atoms with E-state index in [-0.39, 0.29) is 11.6 Å². The monoisotopic (exact) mass is 326 g/mol. The average Bonchev–Trinajstić information content (AvgIpc) is 3.12. The molecule has 0 spiro atoms. The van der Waals surface area contributed by atoms with Crippen LogP contribution in [0.5, 0.6) is 0 Å². The van der Waals surface area contributed by atoms with E-state index in [9.17, 15) is 4.79 Å². The first kappa shape index (κ1) is 15.2. The van der Waals surface area contributed by atoms with Crippen LogP contribution in [0.25, 0.3) is 0 Å². The minimum Gasteiger partial charge on any atom is -0.447 e. The summed E-state index contributed by atoms with van der Waals surface area (Å²) in [6.07, 6.45) is 4.43. The predicted molar refractivity (Wildman–Crippen MR) is 89.4 cm³/mol. The molecule has 1 atom stereocenters. The first-order chi connectivity index (χ1) is 11.7. The summed E-state index contributed by atoms with van der Waals surface area (Å²) in [7, 11) is 2.01. The summed E-state index contributed by atoms with van der Waals surface area (Å²) in [5.74, 6) is 1.04. The third kappa shape index (κ3) is 2.67. The summed E-state index contributed by atoms with van der Waals surface area (Å²) in [5.41, 5.74) is 0.960. The zero-order chi connectivity index (χ0) is 16.6. The molecule has 6 heteroatoms. The van der Waals surface area contributed by atoms with Crippen LogP contribution in [0, 0.1) is 0 Å². The van der Waals surface area contributed by atoms with E-state index in [1.54, 1.807) is 0 Å². The Bertz CT molecular complexity index is 730. The number of aromatic nitrogens is 2. The Kier molecular flexibility index (Phi) is 3.76. The maximum Gasteiger partial charge on any atom is 0.410 e. The highest BCUT2D eigenvalue weighted by Gasteiger charge is 2.50. The number of hydrogen-bond acceptors (Lipinski definition) is 4. The summed E-state index contributed by atoms with van der Waals surface area (Å²) in [6.45, 7) is 3.61. The molecular formula is C18H22N4O2. The van der Waals surface area contributed by atoms with Gasteiger partial charge in [0.1, 0.15) is 12.4 Å². The molecule has 2 aliphatic heterocycles. The number of ether oxygens (including phenoxy) is 1. The van der Waals surface area contributed by atoms with E-state index in [0.29, 0.717) is 13.2 Å². The third-order valence-electron chi connectivity index (χ3n) is 5.08. The number of aryl methyl sites for hydroxylation is 1. The Balaban J connectivity index is 1.56. The fourth-order valence-electron chi connectivity index (χ4n) is 3.80. The SMILES string of the molecule is Cn1ccnc1CN1CCN2C(=O)OCC2(Cc2ccccc2)C1. The molecule has 24 heavy (non-hydrogen) atoms. The first-order valence-electron chi connectivity index (χ1n) is 8.33. The maximum atomic E-state index is 12.2. The molecule has 126 valence electrons. The Morgan fingerprint density at radius 2 is 2.08 bits per heavy atom. The molecule has 0 N–H and O–H groups in total. The molecule has 1 unspecified atom stereocenters. The average molecular weight is 326 g/mol. The lowest BCUT2D eigenvalue weighted by molar-refractivity contribution is 0.0459. The highest BCUT2D eigenvalue weighted by atomic mass is 16.6. The predicted octanol–water partition coefficient (Wildman–Crippen LogP) is 1.67. The topological polar surface area (TPSA) is 50.6 Å². The second-order valence-electron chi connectivity index (χ2n) is 6.76. The van der Waals surface area contributed by atoms with Gasteiger partial charge in [-0.15, -0.1) is 0 Å². The summed E-state index contributed by atoms with van der Waals surface area (Å²) < 4.78 is 7.47. The van der Waals surface area contributed by atoms with E-state index in [1.807, 2.05) is 47.1 Å². The van der Waals surface area contributed by atoms with Gasteiger partial charge in [0.25, 0.3) is 0 Å². The van der Waals surface area contributed by atoms with Crippen LogP contribution in [-0.2, 0) is 24.8 Å². The Morgan fingerprint density at radius 3 is 2.83 bits per heavy atom. The van der Waals surface area contributed by atoms with Gasteiger partial charge in [-0.1, -0.05) is 30.3 Å². The van der Waals surface area contributed by atoms with E-state index < -0.39 is 0 Å². The Morgan fingerprint density at radius 1 is 1.25 bits per heavy atom. The van der Waals surface area contributed by atoms with Gasteiger partial charge in [0, 0.05) is 45.5 Å². The number of cyclic esters (lactones) is 1. The van der Waals surface area contributed by atoms with E-state index in [4.69, 9.17) is 4.74 Å². The van der Waals surface area contributed by atoms with Crippen LogP contribution in [0.3, 0.4) is 0 Å². The van der Waals surface area contributed by atoms with Crippen LogP contribution >= 0.6 is 0 Å². The maximum absolute atomic E-state index is 12.2. The number of fused-ring (bicyclic) bond motifs is 1. The molecule has 3 heterocycles. The largest absolute Gasteiger partial charge is 0.447 e. The third-order valence-corrected chi connectivity index (χ3v) is 5.08. The minimum absolute atomic E-state index is 0.178. The molecule has 0 saturated carbocycles. The normalized spacial score (nSPS) is 24.0. The van der Waals surface area contributed by atoms with Gasteiger partial charge >= 0.3 is 6.09 Å². The molecular weight excluding hydrogens is 304 g/mol. The van der Waals surface area contributed by atoms with Gasteiger partial charge in [-0.05, 0) is 5.56 Å². The molecule has 4 rings (SSSR count). The van der Waals surface area contributed by atoms with Crippen LogP contribution in [0.2, 0.25) is 0 Å². The Hall–Kier alpha value is -2.34. The van der Waals surface area contributed by atoms with Crippen LogP contribution in [0.15, 0.2) is 42.7 Å². The molecule has 1 aromatic carbocycles. The van der Waals surface area contributed by atoms with E-state index in [0.717, 1.165) is 31.9 Å². The quantitative estimate of drug-likeness (QED) is 0.858. The fourth-order valence-corrected chi connectivity index (χ4v) is 3.80. The molecule has 2 aromatic rings. The Labute approximate surface area is 141 Å². The second kappa shape index (κ2) is 5.94. The lowest BCUT2D eigenvalue weighted by Gasteiger charge is -2.44. The molecule has 0 aliphatic carbocycles. The lowest BCUT2D eigenvalue weighted by atomic mass is 9.88. The van der Waals surface area contributed by atoms with Crippen molar-refractivity contribution in [2.75, 3.05) is 26.2 Å². The van der Waals surface area contributed by atoms with Gasteiger partial charge in [-0.2, -0.15) is 0 Å². The van der Waals surface area contributed by atoms with Crippen molar-refractivity contribution in [3.8, 4) is 0 Å². The van der Waals surface area contributed by atoms with Crippen molar-refractivity contribution < 1.29 is 9.53 Å². The molecule has 2 fully saturated rings. The van der Waals surface area contributed by atoms with E-state index in [1.165, 1.54) is 5.56 Å². The highest BCUT2D eigenvalue weighted by molar-refractivity contribution is 5.71. The molecule has 2 saturated heterocycles. The number of hydrogen-bond donors (Lipinski definition) is 0. The van der Waals surface area contributed by atoms with E-state index >= 15 is 0 Å². The zero-order valence-corrected chi connectivity index (χ0v) is 13.9. The van der Waals surface area contributed by atoms with Crippen LogP contribution in [0.4, 0.5) is 4.79 Å². The van der Waals surface area contributed by atoms with Gasteiger partial charge in [0.15, 0.2) is 0 Å². The fraction of sp³-hybridized carbons (Fsp3) is 0.444. The second-order valence-corrected chi connectivity index (χ2v) is 6.76. The molecule has 6 nitrogen and oxygen atoms in total. The van der Waals surface area contributed by atoms with Crippen molar-refractivity contribution in [2.45, 2.75) is 18.5 Å². The standard InChI is InChI=1S/C18H22N4O2/c1-20-8-7-19-16(20)12-21-9-10-22-17(23)24-14-18(22,13-21)11-15-5-3-2-4-6-15/h2-8H,9-14H2,1H3. The zero-order valence-electron chi connectivity index (χ0n) is 13.9. The molecule has 1 amide bonds. The molecule has 0 bridgehead atoms. The molecule has 2 aliphatic rings. The number of benzene rings is 1. The van der Waals surface area contributed by atoms with Crippen molar-refractivity contribution in [2.24, 2.45) is 7.05 Å². The number of piperazine rings is 1.